The number of pyridine rings is 1. The Balaban J connectivity index is 0.000000140. The first-order valence-electron chi connectivity index (χ1n) is 49.3. The number of Topliss-reactive ketones (excluding diaryl/α,β-unsaturated/α-hetero) is 4. The van der Waals surface area contributed by atoms with Gasteiger partial charge in [-0.2, -0.15) is 34.3 Å². The largest absolute Gasteiger partial charge is 0.371 e. The number of carbonyl (C=O) groups excluding carboxylic acids is 7. The van der Waals surface area contributed by atoms with E-state index in [-0.39, 0.29) is 40.9 Å². The molecule has 6 fully saturated rings. The van der Waals surface area contributed by atoms with Gasteiger partial charge in [0.2, 0.25) is 35.4 Å². The molecule has 148 heavy (non-hydrogen) atoms. The number of primary amides is 1. The number of carbonyl (C=O) groups is 7. The summed E-state index contributed by atoms with van der Waals surface area (Å²) in [5.41, 5.74) is 21.8. The minimum absolute atomic E-state index is 0.000242. The smallest absolute Gasteiger partial charge is 0.286 e. The maximum absolute atomic E-state index is 12.5. The Hall–Kier alpha value is -15.1. The molecule has 6 aliphatic heterocycles. The molecule has 0 spiro atoms. The number of piperidine rings is 4. The highest BCUT2D eigenvalue weighted by Gasteiger charge is 2.40. The van der Waals surface area contributed by atoms with Crippen molar-refractivity contribution in [2.45, 2.75) is 191 Å². The second-order valence-corrected chi connectivity index (χ2v) is 40.9. The van der Waals surface area contributed by atoms with Crippen LogP contribution < -0.4 is 21.0 Å². The molecule has 0 aliphatic carbocycles. The molecule has 3 atom stereocenters. The lowest BCUT2D eigenvalue weighted by Crippen LogP contribution is -2.41. The van der Waals surface area contributed by atoms with E-state index in [1.807, 2.05) is 128 Å². The molecule has 15 aromatic rings. The van der Waals surface area contributed by atoms with Crippen molar-refractivity contribution in [1.29, 1.82) is 0 Å². The van der Waals surface area contributed by atoms with E-state index >= 15 is 0 Å². The number of thiazole rings is 1. The van der Waals surface area contributed by atoms with E-state index in [9.17, 15) is 37.8 Å². The second kappa shape index (κ2) is 51.8. The number of likely N-dealkylation sites (tertiary alicyclic amines) is 3. The monoisotopic (exact) mass is 2050 g/mol. The van der Waals surface area contributed by atoms with Gasteiger partial charge in [0.05, 0.1) is 39.7 Å². The van der Waals surface area contributed by atoms with Crippen molar-refractivity contribution in [3.8, 4) is 28.0 Å². The quantitative estimate of drug-likeness (QED) is 0.0631. The van der Waals surface area contributed by atoms with Gasteiger partial charge in [0.25, 0.3) is 17.7 Å². The number of fused-ring (bicyclic) bond motifs is 2. The van der Waals surface area contributed by atoms with E-state index in [0.29, 0.717) is 118 Å². The van der Waals surface area contributed by atoms with Crippen LogP contribution >= 0.6 is 11.3 Å². The van der Waals surface area contributed by atoms with Crippen LogP contribution in [0.1, 0.15) is 260 Å². The summed E-state index contributed by atoms with van der Waals surface area (Å²) in [6, 6.07) is 47.6. The van der Waals surface area contributed by atoms with Gasteiger partial charge in [0, 0.05) is 177 Å². The summed E-state index contributed by atoms with van der Waals surface area (Å²) >= 11 is 1.59. The van der Waals surface area contributed by atoms with Gasteiger partial charge in [0.15, 0.2) is 63.1 Å². The lowest BCUT2D eigenvalue weighted by Gasteiger charge is -2.32. The number of ketones is 4. The van der Waals surface area contributed by atoms with Crippen molar-refractivity contribution in [2.24, 2.45) is 11.7 Å². The Kier molecular flexibility index (Phi) is 38.6. The number of hydrogen-bond donors (Lipinski definition) is 2. The van der Waals surface area contributed by atoms with Crippen molar-refractivity contribution in [3.63, 3.8) is 0 Å². The second-order valence-electron chi connectivity index (χ2n) is 37.5. The topological polar surface area (TPSA) is 484 Å². The zero-order chi connectivity index (χ0) is 106. The summed E-state index contributed by atoms with van der Waals surface area (Å²) in [5.74, 6) is 13.2. The zero-order valence-corrected chi connectivity index (χ0v) is 88.4. The average molecular weight is 2050 g/mol. The third-order valence-corrected chi connectivity index (χ3v) is 27.8. The molecule has 0 bridgehead atoms. The zero-order valence-electron chi connectivity index (χ0n) is 86.8. The van der Waals surface area contributed by atoms with Crippen LogP contribution in [0.3, 0.4) is 0 Å². The molecule has 15 heterocycles. The number of likely N-dealkylation sites (N-methyl/N-ethyl adjacent to an activating group) is 1. The van der Waals surface area contributed by atoms with E-state index < -0.39 is 15.6 Å². The van der Waals surface area contributed by atoms with Gasteiger partial charge >= 0.3 is 0 Å². The fourth-order valence-corrected chi connectivity index (χ4v) is 18.9. The SMILES string of the molecule is C=S(C)(=O)N1CC2CN(C)CC2N1.CC(=O)N1CCC(c2nc(C)no2)CC1.CC(=O)c1ccc(C(=O)N2CCC(c3nc(C)no3)CC2)cc1.CC(=O)c1ccc(C)cc1.CC(=O)c1ccc(N2CCC(c3nc(C)no3)CC2)cc1.CC(=O)c1ccc(N2CCC(c3nc(C)no3)CC2)cn1.CCc1ccc2nc(-c3nc(C)no3)sc2c1.Cc1ccc(-n2cc(C)nn2)cc1.Cc1noc(-c2ccc(C(N)=O)cc2)n1. The van der Waals surface area contributed by atoms with Gasteiger partial charge in [0.1, 0.15) is 5.69 Å². The summed E-state index contributed by atoms with van der Waals surface area (Å²) in [7, 11) is 0.0644. The van der Waals surface area contributed by atoms with Gasteiger partial charge in [-0.1, -0.05) is 109 Å². The standard InChI is InChI=1S/C17H19N3O3.C16H19N3O2.C15H18N4O2.C12H11N3OS.C10H15N3O2.C10H9N3O2.C10H11N3.C9H10O.C8H17N3OS/c1-11(21)13-3-5-15(6-4-13)17(22)20-9-7-14(8-10-20)16-18-12(2)19-23-16;1-11(20)13-3-5-15(6-4-13)19-9-7-14(8-10-19)16-17-12(2)18-21-16;1-10(20)14-4-3-13(9-16-14)19-7-5-12(6-8-19)15-17-11(2)18-21-15;1-3-8-4-5-9-10(6-8)17-12(14-9)11-13-7(2)15-16-11;1-7-11-10(15-12-7)9-3-5-13(6-4-9)8(2)14;1-6-12-10(15-13-6)8-4-2-7(3-5-8)9(11)14;1-8-3-5-10(6-4-8)13-7-9(2)11-12-13;1-7-3-5-9(6-4-7)8(2)10;1-10-4-7-5-11(13(2,3)12)9-8(7)6-10/h3-6,14H,7-10H2,1-2H3;3-6,14H,7-10H2,1-2H3;3-4,9,12H,5-8H2,1-2H3;4-6H,3H2,1-2H3;9H,3-6H2,1-2H3;2-5H,1H3,(H2,11,14);3-7H,1-2H3;3-6H,1-2H3;7-9H,2,4-6H2,1,3H3. The Bertz CT molecular complexity index is 6900. The maximum Gasteiger partial charge on any atom is 0.286 e. The number of rotatable bonds is 17. The third-order valence-electron chi connectivity index (χ3n) is 25.6. The predicted octanol–water partition coefficient (Wildman–Crippen LogP) is 16.5. The Morgan fingerprint density at radius 3 is 1.26 bits per heavy atom. The number of hydrogen-bond acceptors (Lipinski definition) is 35. The minimum atomic E-state index is -2.06. The fourth-order valence-electron chi connectivity index (χ4n) is 17.1. The summed E-state index contributed by atoms with van der Waals surface area (Å²) in [6.45, 7) is 36.5. The normalized spacial score (nSPS) is 16.3. The molecule has 0 saturated carbocycles. The minimum Gasteiger partial charge on any atom is -0.371 e. The number of nitrogens with zero attached hydrogens (tertiary/aromatic N) is 23. The summed E-state index contributed by atoms with van der Waals surface area (Å²) < 4.78 is 47.4. The highest BCUT2D eigenvalue weighted by Crippen LogP contribution is 2.36. The lowest BCUT2D eigenvalue weighted by molar-refractivity contribution is -0.129. The first-order chi connectivity index (χ1) is 70.8. The molecule has 9 aromatic heterocycles. The van der Waals surface area contributed by atoms with Crippen LogP contribution in [0.4, 0.5) is 11.4 Å². The molecule has 41 heteroatoms. The average Bonchev–Trinajstić information content (AvgIpc) is 1.61. The number of nitrogens with two attached hydrogens (primary N) is 1. The van der Waals surface area contributed by atoms with E-state index in [2.05, 4.69) is 152 Å². The number of amides is 3. The number of hydrazine groups is 1. The number of aryl methyl sites for hydroxylation is 10. The maximum atomic E-state index is 12.5. The molecule has 39 nitrogen and oxygen atoms in total. The molecule has 6 aliphatic rings. The Morgan fingerprint density at radius 2 is 0.865 bits per heavy atom. The van der Waals surface area contributed by atoms with E-state index in [1.165, 1.54) is 36.2 Å². The van der Waals surface area contributed by atoms with Crippen LogP contribution in [0.25, 0.3) is 38.3 Å². The van der Waals surface area contributed by atoms with E-state index in [4.69, 9.17) is 32.9 Å². The van der Waals surface area contributed by atoms with Crippen molar-refractivity contribution in [3.05, 3.63) is 278 Å². The van der Waals surface area contributed by atoms with Crippen molar-refractivity contribution in [1.82, 2.24) is 110 Å². The molecule has 778 valence electrons. The predicted molar refractivity (Wildman–Crippen MR) is 562 cm³/mol. The molecule has 0 radical (unpaired) electrons. The lowest BCUT2D eigenvalue weighted by atomic mass is 9.96. The molecular formula is C107H129N25O14S2. The van der Waals surface area contributed by atoms with Crippen LogP contribution in [0.2, 0.25) is 0 Å². The van der Waals surface area contributed by atoms with Crippen LogP contribution in [-0.2, 0) is 20.9 Å². The van der Waals surface area contributed by atoms with Gasteiger partial charge in [-0.05, 0) is 256 Å². The van der Waals surface area contributed by atoms with Crippen LogP contribution in [0.15, 0.2) is 191 Å². The highest BCUT2D eigenvalue weighted by atomic mass is 32.2. The number of aromatic nitrogens is 17. The molecule has 3 N–H and O–H groups in total. The Labute approximate surface area is 864 Å². The third kappa shape index (κ3) is 31.5. The van der Waals surface area contributed by atoms with Crippen molar-refractivity contribution in [2.75, 3.05) is 95.1 Å². The molecular weight excluding hydrogens is 1920 g/mol. The van der Waals surface area contributed by atoms with Crippen molar-refractivity contribution >= 4 is 89.4 Å². The Morgan fingerprint density at radius 1 is 0.453 bits per heavy atom. The molecule has 21 rings (SSSR count). The number of anilines is 2. The van der Waals surface area contributed by atoms with Crippen molar-refractivity contribution < 1.29 is 64.9 Å². The molecule has 3 amide bonds. The van der Waals surface area contributed by atoms with Gasteiger partial charge in [-0.15, -0.1) is 16.4 Å². The number of benzene rings is 6. The molecule has 6 aromatic carbocycles. The van der Waals surface area contributed by atoms with Crippen LogP contribution in [0.5, 0.6) is 0 Å². The molecule has 3 unspecified atom stereocenters. The molecule has 6 saturated heterocycles. The fraction of sp³-hybridized carbons (Fsp3) is 0.402. The highest BCUT2D eigenvalue weighted by molar-refractivity contribution is 7.97. The number of nitrogens with one attached hydrogen (secondary N) is 1. The first-order valence-corrected chi connectivity index (χ1v) is 52.2. The van der Waals surface area contributed by atoms with Gasteiger partial charge in [-0.25, -0.2) is 15.1 Å². The van der Waals surface area contributed by atoms with Crippen LogP contribution in [-0.4, -0.2) is 247 Å². The summed E-state index contributed by atoms with van der Waals surface area (Å²) in [4.78, 5) is 124. The first kappa shape index (κ1) is 110. The van der Waals surface area contributed by atoms with Gasteiger partial charge < -0.3 is 57.4 Å². The van der Waals surface area contributed by atoms with E-state index in [1.54, 1.807) is 125 Å². The summed E-state index contributed by atoms with van der Waals surface area (Å²) in [5, 5.41) is 31.5. The summed E-state index contributed by atoms with van der Waals surface area (Å²) in [6.07, 6.45) is 13.9. The van der Waals surface area contributed by atoms with E-state index in [0.717, 1.165) is 183 Å². The van der Waals surface area contributed by atoms with Gasteiger partial charge in [-0.3, -0.25) is 42.8 Å². The van der Waals surface area contributed by atoms with Crippen LogP contribution in [0, 0.1) is 68.2 Å².